The number of carbonyl (C=O) groups excluding carboxylic acids is 1. The first kappa shape index (κ1) is 28.8. The Morgan fingerprint density at radius 3 is 2.54 bits per heavy atom. The van der Waals surface area contributed by atoms with E-state index in [2.05, 4.69) is 52.6 Å². The SMILES string of the molecule is CC(Oc1ccccc1)C(CCC1=CCC(=O)[C@@H]1CCC=C=CCC(=O)O)O[Si](C)(C)C(C)(C)C. The van der Waals surface area contributed by atoms with Crippen LogP contribution in [-0.4, -0.2) is 37.4 Å². The van der Waals surface area contributed by atoms with Crippen molar-refractivity contribution in [2.45, 2.75) is 96.6 Å². The largest absolute Gasteiger partial charge is 0.488 e. The Morgan fingerprint density at radius 2 is 1.91 bits per heavy atom. The van der Waals surface area contributed by atoms with Crippen LogP contribution < -0.4 is 4.74 Å². The Morgan fingerprint density at radius 1 is 1.23 bits per heavy atom. The standard InChI is InChI=1S/C29H42O5Si/c1-22(33-24-14-10-9-11-15-24)27(34-35(5,6)29(2,3)4)21-19-23-18-20-26(30)25(23)16-12-7-8-13-17-28(31)32/h7,9-11,13-15,18,22,25,27H,12,16-17,19-21H2,1-6H3,(H,31,32)/t8?,22?,25-,27?/m1/s1. The first-order chi connectivity index (χ1) is 16.4. The number of carbonyl (C=O) groups is 2. The molecule has 2 unspecified atom stereocenters. The van der Waals surface area contributed by atoms with Crippen molar-refractivity contribution in [2.24, 2.45) is 5.92 Å². The van der Waals surface area contributed by atoms with E-state index in [-0.39, 0.29) is 35.4 Å². The molecule has 1 aromatic rings. The van der Waals surface area contributed by atoms with Gasteiger partial charge in [0, 0.05) is 12.3 Å². The van der Waals surface area contributed by atoms with E-state index in [4.69, 9.17) is 14.3 Å². The van der Waals surface area contributed by atoms with E-state index in [1.54, 1.807) is 0 Å². The second-order valence-electron chi connectivity index (χ2n) is 10.8. The van der Waals surface area contributed by atoms with E-state index in [0.717, 1.165) is 25.0 Å². The van der Waals surface area contributed by atoms with Crippen LogP contribution in [0.5, 0.6) is 5.75 Å². The van der Waals surface area contributed by atoms with Crippen molar-refractivity contribution in [1.29, 1.82) is 0 Å². The summed E-state index contributed by atoms with van der Waals surface area (Å²) in [5.41, 5.74) is 4.09. The smallest absolute Gasteiger partial charge is 0.307 e. The fraction of sp³-hybridized carbons (Fsp3) is 0.552. The summed E-state index contributed by atoms with van der Waals surface area (Å²) >= 11 is 0. The van der Waals surface area contributed by atoms with Crippen molar-refractivity contribution in [2.75, 3.05) is 0 Å². The van der Waals surface area contributed by atoms with Crippen molar-refractivity contribution in [3.63, 3.8) is 0 Å². The number of rotatable bonds is 13. The maximum absolute atomic E-state index is 12.6. The van der Waals surface area contributed by atoms with Crippen molar-refractivity contribution in [3.05, 3.63) is 59.9 Å². The van der Waals surface area contributed by atoms with Crippen LogP contribution in [-0.2, 0) is 14.0 Å². The minimum absolute atomic E-state index is 0.0388. The summed E-state index contributed by atoms with van der Waals surface area (Å²) in [7, 11) is -2.02. The molecule has 1 N–H and O–H groups in total. The number of ether oxygens (including phenoxy) is 1. The van der Waals surface area contributed by atoms with E-state index in [9.17, 15) is 9.59 Å². The van der Waals surface area contributed by atoms with Gasteiger partial charge in [-0.2, -0.15) is 0 Å². The van der Waals surface area contributed by atoms with Crippen LogP contribution in [0.2, 0.25) is 18.1 Å². The third-order valence-corrected chi connectivity index (χ3v) is 11.6. The number of hydrogen-bond acceptors (Lipinski definition) is 4. The molecule has 3 atom stereocenters. The van der Waals surface area contributed by atoms with Gasteiger partial charge in [0.1, 0.15) is 17.6 Å². The first-order valence-corrected chi connectivity index (χ1v) is 15.5. The number of carboxylic acid groups (broad SMARTS) is 1. The van der Waals surface area contributed by atoms with Gasteiger partial charge in [0.2, 0.25) is 0 Å². The minimum Gasteiger partial charge on any atom is -0.488 e. The lowest BCUT2D eigenvalue weighted by atomic mass is 9.91. The monoisotopic (exact) mass is 498 g/mol. The molecule has 1 aromatic carbocycles. The fourth-order valence-electron chi connectivity index (χ4n) is 3.95. The van der Waals surface area contributed by atoms with Crippen molar-refractivity contribution < 1.29 is 23.9 Å². The van der Waals surface area contributed by atoms with Crippen LogP contribution in [0.15, 0.2) is 59.9 Å². The lowest BCUT2D eigenvalue weighted by Gasteiger charge is -2.41. The van der Waals surface area contributed by atoms with Gasteiger partial charge in [-0.15, -0.1) is 5.73 Å². The summed E-state index contributed by atoms with van der Waals surface area (Å²) < 4.78 is 13.1. The second-order valence-corrected chi connectivity index (χ2v) is 15.6. The van der Waals surface area contributed by atoms with Gasteiger partial charge in [0.15, 0.2) is 8.32 Å². The van der Waals surface area contributed by atoms with Gasteiger partial charge < -0.3 is 14.3 Å². The molecule has 1 aliphatic carbocycles. The molecule has 0 saturated carbocycles. The molecule has 1 aliphatic rings. The molecule has 0 saturated heterocycles. The van der Waals surface area contributed by atoms with E-state index in [0.29, 0.717) is 12.8 Å². The van der Waals surface area contributed by atoms with Crippen molar-refractivity contribution >= 4 is 20.1 Å². The molecule has 35 heavy (non-hydrogen) atoms. The van der Waals surface area contributed by atoms with Gasteiger partial charge in [-0.1, -0.05) is 50.6 Å². The second kappa shape index (κ2) is 13.1. The molecule has 0 spiro atoms. The predicted octanol–water partition coefficient (Wildman–Crippen LogP) is 7.11. The molecular formula is C29H42O5Si. The third-order valence-electron chi connectivity index (χ3n) is 7.07. The van der Waals surface area contributed by atoms with E-state index in [1.165, 1.54) is 11.6 Å². The molecule has 0 radical (unpaired) electrons. The lowest BCUT2D eigenvalue weighted by molar-refractivity contribution is -0.136. The Bertz CT molecular complexity index is 936. The fourth-order valence-corrected chi connectivity index (χ4v) is 5.37. The molecule has 192 valence electrons. The van der Waals surface area contributed by atoms with Crippen LogP contribution >= 0.6 is 0 Å². The highest BCUT2D eigenvalue weighted by Gasteiger charge is 2.41. The van der Waals surface area contributed by atoms with Crippen LogP contribution in [0.3, 0.4) is 0 Å². The number of benzene rings is 1. The van der Waals surface area contributed by atoms with Gasteiger partial charge in [-0.05, 0) is 75.0 Å². The van der Waals surface area contributed by atoms with Crippen molar-refractivity contribution in [3.8, 4) is 5.75 Å². The third kappa shape index (κ3) is 9.29. The van der Waals surface area contributed by atoms with E-state index < -0.39 is 14.3 Å². The molecule has 0 fully saturated rings. The van der Waals surface area contributed by atoms with Gasteiger partial charge in [0.05, 0.1) is 12.5 Å². The van der Waals surface area contributed by atoms with E-state index in [1.807, 2.05) is 36.4 Å². The molecule has 0 bridgehead atoms. The first-order valence-electron chi connectivity index (χ1n) is 12.6. The zero-order valence-electron chi connectivity index (χ0n) is 22.2. The number of ketones is 1. The highest BCUT2D eigenvalue weighted by atomic mass is 28.4. The summed E-state index contributed by atoms with van der Waals surface area (Å²) in [5, 5.41) is 8.79. The average molecular weight is 499 g/mol. The Labute approximate surface area is 212 Å². The minimum atomic E-state index is -2.02. The summed E-state index contributed by atoms with van der Waals surface area (Å²) in [6.07, 6.45) is 8.69. The summed E-state index contributed by atoms with van der Waals surface area (Å²) in [6, 6.07) is 9.84. The highest BCUT2D eigenvalue weighted by Crippen LogP contribution is 2.39. The highest BCUT2D eigenvalue weighted by molar-refractivity contribution is 6.74. The van der Waals surface area contributed by atoms with Crippen molar-refractivity contribution in [1.82, 2.24) is 0 Å². The van der Waals surface area contributed by atoms with Gasteiger partial charge >= 0.3 is 5.97 Å². The number of para-hydroxylation sites is 1. The van der Waals surface area contributed by atoms with Gasteiger partial charge in [-0.3, -0.25) is 9.59 Å². The quantitative estimate of drug-likeness (QED) is 0.178. The number of Topliss-reactive ketones (excluding diaryl/α,β-unsaturated/α-hetero) is 1. The Hall–Kier alpha value is -2.40. The van der Waals surface area contributed by atoms with Crippen LogP contribution in [0.4, 0.5) is 0 Å². The Kier molecular flexibility index (Phi) is 10.8. The number of allylic oxidation sites excluding steroid dienone is 2. The molecule has 0 aromatic heterocycles. The van der Waals surface area contributed by atoms with Gasteiger partial charge in [0.25, 0.3) is 0 Å². The summed E-state index contributed by atoms with van der Waals surface area (Å²) in [4.78, 5) is 23.1. The normalized spacial score (nSPS) is 17.8. The summed E-state index contributed by atoms with van der Waals surface area (Å²) in [5.74, 6) is 0.145. The maximum atomic E-state index is 12.6. The zero-order chi connectivity index (χ0) is 26.1. The number of hydrogen-bond donors (Lipinski definition) is 1. The number of carboxylic acids is 1. The molecule has 6 heteroatoms. The lowest BCUT2D eigenvalue weighted by Crippen LogP contribution is -2.47. The Balaban J connectivity index is 2.06. The molecule has 2 rings (SSSR count). The number of aliphatic carboxylic acids is 1. The maximum Gasteiger partial charge on any atom is 0.307 e. The molecule has 0 heterocycles. The topological polar surface area (TPSA) is 72.8 Å². The van der Waals surface area contributed by atoms with Crippen LogP contribution in [0.25, 0.3) is 0 Å². The average Bonchev–Trinajstić information content (AvgIpc) is 3.12. The molecular weight excluding hydrogens is 456 g/mol. The van der Waals surface area contributed by atoms with E-state index >= 15 is 0 Å². The molecule has 0 aliphatic heterocycles. The van der Waals surface area contributed by atoms with Gasteiger partial charge in [-0.25, -0.2) is 0 Å². The van der Waals surface area contributed by atoms with Crippen LogP contribution in [0, 0.1) is 5.92 Å². The summed E-state index contributed by atoms with van der Waals surface area (Å²) in [6.45, 7) is 13.3. The zero-order valence-corrected chi connectivity index (χ0v) is 23.2. The molecule has 5 nitrogen and oxygen atoms in total. The van der Waals surface area contributed by atoms with Crippen LogP contribution in [0.1, 0.15) is 66.2 Å². The predicted molar refractivity (Wildman–Crippen MR) is 143 cm³/mol. The molecule has 0 amide bonds.